The zero-order valence-electron chi connectivity index (χ0n) is 19.6. The van der Waals surface area contributed by atoms with E-state index in [0.29, 0.717) is 12.5 Å². The third kappa shape index (κ3) is 4.48. The van der Waals surface area contributed by atoms with Crippen molar-refractivity contribution in [3.05, 3.63) is 60.2 Å². The molecule has 0 radical (unpaired) electrons. The second-order valence-electron chi connectivity index (χ2n) is 9.91. The van der Waals surface area contributed by atoms with E-state index >= 15 is 0 Å². The smallest absolute Gasteiger partial charge is 0.233 e. The van der Waals surface area contributed by atoms with Crippen LogP contribution >= 0.6 is 0 Å². The van der Waals surface area contributed by atoms with Crippen molar-refractivity contribution >= 4 is 5.91 Å². The zero-order chi connectivity index (χ0) is 22.7. The second kappa shape index (κ2) is 9.38. The Morgan fingerprint density at radius 2 is 1.61 bits per heavy atom. The quantitative estimate of drug-likeness (QED) is 0.635. The normalized spacial score (nSPS) is 23.9. The third-order valence-corrected chi connectivity index (χ3v) is 7.94. The van der Waals surface area contributed by atoms with Crippen LogP contribution < -0.4 is 9.47 Å². The van der Waals surface area contributed by atoms with Crippen molar-refractivity contribution in [2.24, 2.45) is 0 Å². The first-order valence-electron chi connectivity index (χ1n) is 12.4. The highest BCUT2D eigenvalue weighted by atomic mass is 16.6. The summed E-state index contributed by atoms with van der Waals surface area (Å²) in [5.41, 5.74) is 0.586. The summed E-state index contributed by atoms with van der Waals surface area (Å²) in [6, 6.07) is 18.1. The molecule has 1 saturated carbocycles. The minimum absolute atomic E-state index is 0.0821. The van der Waals surface area contributed by atoms with Crippen LogP contribution in [0.2, 0.25) is 0 Å². The summed E-state index contributed by atoms with van der Waals surface area (Å²) in [5.74, 6) is 2.04. The second-order valence-corrected chi connectivity index (χ2v) is 9.91. The molecule has 3 fully saturated rings. The molecule has 5 heteroatoms. The van der Waals surface area contributed by atoms with Gasteiger partial charge in [0.15, 0.2) is 0 Å². The van der Waals surface area contributed by atoms with E-state index in [9.17, 15) is 4.79 Å². The molecule has 2 saturated heterocycles. The molecular weight excluding hydrogens is 414 g/mol. The van der Waals surface area contributed by atoms with Crippen LogP contribution in [-0.4, -0.2) is 49.3 Å². The van der Waals surface area contributed by atoms with Gasteiger partial charge in [-0.15, -0.1) is 0 Å². The van der Waals surface area contributed by atoms with Crippen LogP contribution in [0.25, 0.3) is 0 Å². The molecule has 176 valence electrons. The number of benzene rings is 2. The maximum atomic E-state index is 14.0. The van der Waals surface area contributed by atoms with E-state index in [1.54, 1.807) is 7.11 Å². The molecule has 2 aliphatic heterocycles. The lowest BCUT2D eigenvalue weighted by Gasteiger charge is -2.44. The number of likely N-dealkylation sites (tertiary alicyclic amines) is 1. The minimum atomic E-state index is -0.398. The van der Waals surface area contributed by atoms with Crippen molar-refractivity contribution in [3.63, 3.8) is 0 Å². The summed E-state index contributed by atoms with van der Waals surface area (Å²) in [4.78, 5) is 16.1. The lowest BCUT2D eigenvalue weighted by atomic mass is 9.68. The molecule has 1 atom stereocenters. The molecule has 0 N–H and O–H groups in total. The lowest BCUT2D eigenvalue weighted by Crippen LogP contribution is -2.53. The fourth-order valence-corrected chi connectivity index (χ4v) is 6.03. The van der Waals surface area contributed by atoms with Gasteiger partial charge in [0.2, 0.25) is 5.91 Å². The van der Waals surface area contributed by atoms with Gasteiger partial charge >= 0.3 is 0 Å². The van der Waals surface area contributed by atoms with Crippen LogP contribution in [0, 0.1) is 0 Å². The SMILES string of the molecule is COc1ccc(C2(C(=O)N3CCC4(CC3)CC(Oc3ccccc3)CO4)CCCCC2)cc1. The Labute approximate surface area is 197 Å². The van der Waals surface area contributed by atoms with E-state index in [4.69, 9.17) is 14.2 Å². The molecule has 2 aromatic rings. The minimum Gasteiger partial charge on any atom is -0.497 e. The highest BCUT2D eigenvalue weighted by Gasteiger charge is 2.48. The Morgan fingerprint density at radius 1 is 0.909 bits per heavy atom. The Kier molecular flexibility index (Phi) is 6.33. The summed E-state index contributed by atoms with van der Waals surface area (Å²) in [7, 11) is 1.68. The van der Waals surface area contributed by atoms with Gasteiger partial charge in [0.1, 0.15) is 17.6 Å². The maximum Gasteiger partial charge on any atom is 0.233 e. The van der Waals surface area contributed by atoms with Crippen LogP contribution in [0.4, 0.5) is 0 Å². The highest BCUT2D eigenvalue weighted by molar-refractivity contribution is 5.88. The molecule has 1 spiro atoms. The number of piperidine rings is 1. The molecular formula is C28H35NO4. The summed E-state index contributed by atoms with van der Waals surface area (Å²) >= 11 is 0. The molecule has 0 bridgehead atoms. The number of hydrogen-bond donors (Lipinski definition) is 0. The molecule has 2 heterocycles. The standard InChI is InChI=1S/C28H35NO4/c1-31-23-12-10-22(11-13-23)28(14-6-3-7-15-28)26(30)29-18-16-27(17-19-29)20-25(21-32-27)33-24-8-4-2-5-9-24/h2,4-5,8-13,25H,3,6-7,14-21H2,1H3. The third-order valence-electron chi connectivity index (χ3n) is 7.94. The topological polar surface area (TPSA) is 48.0 Å². The first-order valence-corrected chi connectivity index (χ1v) is 12.4. The number of nitrogens with zero attached hydrogens (tertiary/aromatic N) is 1. The number of para-hydroxylation sites is 1. The van der Waals surface area contributed by atoms with Crippen LogP contribution in [-0.2, 0) is 14.9 Å². The largest absolute Gasteiger partial charge is 0.497 e. The van der Waals surface area contributed by atoms with Gasteiger partial charge in [-0.3, -0.25) is 4.79 Å². The maximum absolute atomic E-state index is 14.0. The summed E-state index contributed by atoms with van der Waals surface area (Å²) in [5, 5.41) is 0. The number of carbonyl (C=O) groups excluding carboxylic acids is 1. The van der Waals surface area contributed by atoms with Crippen molar-refractivity contribution < 1.29 is 19.0 Å². The molecule has 5 nitrogen and oxygen atoms in total. The number of hydrogen-bond acceptors (Lipinski definition) is 4. The van der Waals surface area contributed by atoms with Gasteiger partial charge in [-0.1, -0.05) is 49.6 Å². The molecule has 5 rings (SSSR count). The summed E-state index contributed by atoms with van der Waals surface area (Å²) in [6.07, 6.45) is 8.04. The van der Waals surface area contributed by atoms with E-state index in [1.807, 2.05) is 42.5 Å². The Hall–Kier alpha value is -2.53. The molecule has 2 aromatic carbocycles. The molecule has 3 aliphatic rings. The van der Waals surface area contributed by atoms with Crippen LogP contribution in [0.15, 0.2) is 54.6 Å². The molecule has 0 aromatic heterocycles. The van der Waals surface area contributed by atoms with Gasteiger partial charge in [0.25, 0.3) is 0 Å². The van der Waals surface area contributed by atoms with Crippen LogP contribution in [0.3, 0.4) is 0 Å². The average molecular weight is 450 g/mol. The van der Waals surface area contributed by atoms with Crippen molar-refractivity contribution in [3.8, 4) is 11.5 Å². The fraction of sp³-hybridized carbons (Fsp3) is 0.536. The summed E-state index contributed by atoms with van der Waals surface area (Å²) < 4.78 is 17.8. The van der Waals surface area contributed by atoms with Gasteiger partial charge < -0.3 is 19.1 Å². The summed E-state index contributed by atoms with van der Waals surface area (Å²) in [6.45, 7) is 2.14. The van der Waals surface area contributed by atoms with Gasteiger partial charge in [-0.05, 0) is 55.5 Å². The van der Waals surface area contributed by atoms with E-state index < -0.39 is 5.41 Å². The van der Waals surface area contributed by atoms with Gasteiger partial charge in [-0.25, -0.2) is 0 Å². The van der Waals surface area contributed by atoms with Gasteiger partial charge in [0.05, 0.1) is 24.7 Å². The molecule has 33 heavy (non-hydrogen) atoms. The highest BCUT2D eigenvalue weighted by Crippen LogP contribution is 2.44. The van der Waals surface area contributed by atoms with Crippen molar-refractivity contribution in [2.75, 3.05) is 26.8 Å². The number of methoxy groups -OCH3 is 1. The van der Waals surface area contributed by atoms with Gasteiger partial charge in [-0.2, -0.15) is 0 Å². The Morgan fingerprint density at radius 3 is 2.27 bits per heavy atom. The molecule has 1 amide bonds. The van der Waals surface area contributed by atoms with Crippen LogP contribution in [0.1, 0.15) is 56.9 Å². The zero-order valence-corrected chi connectivity index (χ0v) is 19.6. The molecule has 1 aliphatic carbocycles. The lowest BCUT2D eigenvalue weighted by molar-refractivity contribution is -0.143. The molecule has 1 unspecified atom stereocenters. The average Bonchev–Trinajstić information content (AvgIpc) is 3.26. The number of carbonyl (C=O) groups is 1. The first-order chi connectivity index (χ1) is 16.1. The Bertz CT molecular complexity index is 928. The van der Waals surface area contributed by atoms with Crippen molar-refractivity contribution in [1.82, 2.24) is 4.90 Å². The number of amides is 1. The first kappa shape index (κ1) is 22.3. The van der Waals surface area contributed by atoms with Crippen molar-refractivity contribution in [1.29, 1.82) is 0 Å². The predicted octanol–water partition coefficient (Wildman–Crippen LogP) is 5.13. The van der Waals surface area contributed by atoms with E-state index in [1.165, 1.54) is 6.42 Å². The van der Waals surface area contributed by atoms with Crippen LogP contribution in [0.5, 0.6) is 11.5 Å². The van der Waals surface area contributed by atoms with Crippen molar-refractivity contribution in [2.45, 2.75) is 68.5 Å². The van der Waals surface area contributed by atoms with E-state index in [0.717, 1.165) is 75.1 Å². The van der Waals surface area contributed by atoms with E-state index in [-0.39, 0.29) is 11.7 Å². The monoisotopic (exact) mass is 449 g/mol. The number of rotatable bonds is 5. The number of ether oxygens (including phenoxy) is 3. The predicted molar refractivity (Wildman–Crippen MR) is 128 cm³/mol. The fourth-order valence-electron chi connectivity index (χ4n) is 6.03. The van der Waals surface area contributed by atoms with E-state index in [2.05, 4.69) is 17.0 Å². The Balaban J connectivity index is 1.25. The van der Waals surface area contributed by atoms with Gasteiger partial charge in [0, 0.05) is 19.5 Å².